The minimum Gasteiger partial charge on any atom is -0.489 e. The van der Waals surface area contributed by atoms with Gasteiger partial charge in [-0.15, -0.1) is 0 Å². The molecule has 1 aliphatic carbocycles. The smallest absolute Gasteiger partial charge is 0.243 e. The molecule has 1 aromatic carbocycles. The molecule has 156 valence electrons. The molecule has 0 aliphatic heterocycles. The monoisotopic (exact) mass is 400 g/mol. The lowest BCUT2D eigenvalue weighted by atomic mass is 9.86. The molecule has 0 fully saturated rings. The lowest BCUT2D eigenvalue weighted by Gasteiger charge is -2.30. The standard InChI is InChI=1S/C23H29FN2O3/c1-16(27)26-21(23(2,3)4)22(28)25-14-17-9-12-20(13-10-17)29-15-18-6-5-7-19(24)11-8-18/h5-7,9-13,21H,8,14-15H2,1-4H3,(H,25,28)(H,26,27). The first-order chi connectivity index (χ1) is 13.6. The van der Waals surface area contributed by atoms with Gasteiger partial charge in [-0.3, -0.25) is 9.59 Å². The van der Waals surface area contributed by atoms with Crippen LogP contribution in [-0.4, -0.2) is 24.5 Å². The Balaban J connectivity index is 1.87. The van der Waals surface area contributed by atoms with Crippen LogP contribution in [0.15, 0.2) is 60.0 Å². The summed E-state index contributed by atoms with van der Waals surface area (Å²) in [7, 11) is 0. The Labute approximate surface area is 171 Å². The number of hydrogen-bond donors (Lipinski definition) is 2. The van der Waals surface area contributed by atoms with E-state index < -0.39 is 11.5 Å². The van der Waals surface area contributed by atoms with Crippen molar-refractivity contribution < 1.29 is 18.7 Å². The van der Waals surface area contributed by atoms with Gasteiger partial charge in [0.05, 0.1) is 0 Å². The number of nitrogens with one attached hydrogen (secondary N) is 2. The predicted molar refractivity (Wildman–Crippen MR) is 112 cm³/mol. The van der Waals surface area contributed by atoms with Gasteiger partial charge < -0.3 is 15.4 Å². The fourth-order valence-corrected chi connectivity index (χ4v) is 2.80. The lowest BCUT2D eigenvalue weighted by Crippen LogP contribution is -2.52. The Hall–Kier alpha value is -2.89. The predicted octanol–water partition coefficient (Wildman–Crippen LogP) is 3.97. The van der Waals surface area contributed by atoms with Gasteiger partial charge in [-0.05, 0) is 47.3 Å². The summed E-state index contributed by atoms with van der Waals surface area (Å²) in [5.74, 6) is 0.0000653. The average molecular weight is 400 g/mol. The highest BCUT2D eigenvalue weighted by Crippen LogP contribution is 2.20. The van der Waals surface area contributed by atoms with Crippen LogP contribution in [0.1, 0.15) is 39.7 Å². The highest BCUT2D eigenvalue weighted by molar-refractivity contribution is 5.87. The summed E-state index contributed by atoms with van der Waals surface area (Å²) in [4.78, 5) is 23.9. The van der Waals surface area contributed by atoms with E-state index in [1.165, 1.54) is 19.1 Å². The molecule has 0 spiro atoms. The van der Waals surface area contributed by atoms with Crippen LogP contribution in [0, 0.1) is 5.41 Å². The second kappa shape index (κ2) is 10.0. The van der Waals surface area contributed by atoms with Crippen molar-refractivity contribution in [3.05, 3.63) is 65.5 Å². The van der Waals surface area contributed by atoms with Crippen molar-refractivity contribution in [2.45, 2.75) is 46.7 Å². The van der Waals surface area contributed by atoms with Gasteiger partial charge in [-0.2, -0.15) is 0 Å². The quantitative estimate of drug-likeness (QED) is 0.728. The van der Waals surface area contributed by atoms with Crippen LogP contribution < -0.4 is 15.4 Å². The molecule has 6 heteroatoms. The first-order valence-corrected chi connectivity index (χ1v) is 9.63. The van der Waals surface area contributed by atoms with Crippen LogP contribution in [0.25, 0.3) is 0 Å². The Morgan fingerprint density at radius 2 is 1.90 bits per heavy atom. The van der Waals surface area contributed by atoms with Crippen molar-refractivity contribution >= 4 is 11.8 Å². The molecule has 2 amide bonds. The molecular formula is C23H29FN2O3. The number of benzene rings is 1. The summed E-state index contributed by atoms with van der Waals surface area (Å²) in [5.41, 5.74) is 1.51. The largest absolute Gasteiger partial charge is 0.489 e. The molecule has 1 aliphatic rings. The normalized spacial score (nSPS) is 14.9. The molecule has 2 N–H and O–H groups in total. The third-order valence-electron chi connectivity index (χ3n) is 4.44. The topological polar surface area (TPSA) is 67.4 Å². The average Bonchev–Trinajstić information content (AvgIpc) is 2.86. The third kappa shape index (κ3) is 7.56. The van der Waals surface area contributed by atoms with Gasteiger partial charge in [0.25, 0.3) is 0 Å². The molecule has 1 unspecified atom stereocenters. The van der Waals surface area contributed by atoms with Crippen LogP contribution >= 0.6 is 0 Å². The molecule has 2 rings (SSSR count). The van der Waals surface area contributed by atoms with Gasteiger partial charge in [0.1, 0.15) is 24.2 Å². The van der Waals surface area contributed by atoms with Gasteiger partial charge in [-0.25, -0.2) is 4.39 Å². The van der Waals surface area contributed by atoms with Crippen LogP contribution in [0.5, 0.6) is 5.75 Å². The lowest BCUT2D eigenvalue weighted by molar-refractivity contribution is -0.130. The van der Waals surface area contributed by atoms with Gasteiger partial charge >= 0.3 is 0 Å². The van der Waals surface area contributed by atoms with Gasteiger partial charge in [-0.1, -0.05) is 45.1 Å². The molecule has 0 heterocycles. The van der Waals surface area contributed by atoms with Crippen molar-refractivity contribution in [3.63, 3.8) is 0 Å². The Morgan fingerprint density at radius 1 is 1.21 bits per heavy atom. The minimum atomic E-state index is -0.608. The molecule has 0 bridgehead atoms. The number of carbonyl (C=O) groups is 2. The third-order valence-corrected chi connectivity index (χ3v) is 4.44. The van der Waals surface area contributed by atoms with E-state index in [0.717, 1.165) is 11.1 Å². The SMILES string of the molecule is CC(=O)NC(C(=O)NCc1ccc(OCC2=CC=CC(F)=CC2)cc1)C(C)(C)C. The van der Waals surface area contributed by atoms with E-state index in [1.807, 2.05) is 51.1 Å². The minimum absolute atomic E-state index is 0.221. The van der Waals surface area contributed by atoms with E-state index in [0.29, 0.717) is 25.3 Å². The van der Waals surface area contributed by atoms with Crippen LogP contribution in [0.3, 0.4) is 0 Å². The Bertz CT molecular complexity index is 815. The van der Waals surface area contributed by atoms with Crippen molar-refractivity contribution in [1.29, 1.82) is 0 Å². The first-order valence-electron chi connectivity index (χ1n) is 9.63. The van der Waals surface area contributed by atoms with E-state index in [-0.39, 0.29) is 17.6 Å². The maximum absolute atomic E-state index is 13.2. The van der Waals surface area contributed by atoms with Gasteiger partial charge in [0.2, 0.25) is 11.8 Å². The number of rotatable bonds is 7. The Kier molecular flexibility index (Phi) is 7.76. The molecular weight excluding hydrogens is 371 g/mol. The number of halogens is 1. The van der Waals surface area contributed by atoms with Crippen molar-refractivity contribution in [2.75, 3.05) is 6.61 Å². The van der Waals surface area contributed by atoms with Crippen molar-refractivity contribution in [2.24, 2.45) is 5.41 Å². The van der Waals surface area contributed by atoms with E-state index in [9.17, 15) is 14.0 Å². The molecule has 0 saturated heterocycles. The summed E-state index contributed by atoms with van der Waals surface area (Å²) in [6.45, 7) is 7.85. The molecule has 0 radical (unpaired) electrons. The zero-order valence-electron chi connectivity index (χ0n) is 17.4. The fourth-order valence-electron chi connectivity index (χ4n) is 2.80. The van der Waals surface area contributed by atoms with E-state index >= 15 is 0 Å². The van der Waals surface area contributed by atoms with Crippen LogP contribution in [0.2, 0.25) is 0 Å². The molecule has 0 saturated carbocycles. The zero-order valence-corrected chi connectivity index (χ0v) is 17.4. The highest BCUT2D eigenvalue weighted by Gasteiger charge is 2.31. The summed E-state index contributed by atoms with van der Waals surface area (Å²) in [6, 6.07) is 6.81. The maximum Gasteiger partial charge on any atom is 0.243 e. The van der Waals surface area contributed by atoms with Crippen molar-refractivity contribution in [3.8, 4) is 5.75 Å². The van der Waals surface area contributed by atoms with E-state index in [4.69, 9.17) is 4.74 Å². The molecule has 0 aromatic heterocycles. The second-order valence-electron chi connectivity index (χ2n) is 8.13. The summed E-state index contributed by atoms with van der Waals surface area (Å²) >= 11 is 0. The summed E-state index contributed by atoms with van der Waals surface area (Å²) in [6.07, 6.45) is 7.00. The number of hydrogen-bond acceptors (Lipinski definition) is 3. The first kappa shape index (κ1) is 22.4. The van der Waals surface area contributed by atoms with Gasteiger partial charge in [0.15, 0.2) is 0 Å². The second-order valence-corrected chi connectivity index (χ2v) is 8.13. The number of carbonyl (C=O) groups excluding carboxylic acids is 2. The molecule has 1 atom stereocenters. The fraction of sp³-hybridized carbons (Fsp3) is 0.391. The molecule has 5 nitrogen and oxygen atoms in total. The number of allylic oxidation sites excluding steroid dienone is 5. The summed E-state index contributed by atoms with van der Waals surface area (Å²) in [5, 5.41) is 5.58. The van der Waals surface area contributed by atoms with E-state index in [2.05, 4.69) is 10.6 Å². The highest BCUT2D eigenvalue weighted by atomic mass is 19.1. The van der Waals surface area contributed by atoms with Gasteiger partial charge in [0, 0.05) is 13.5 Å². The summed E-state index contributed by atoms with van der Waals surface area (Å²) < 4.78 is 18.9. The number of amides is 2. The van der Waals surface area contributed by atoms with Crippen LogP contribution in [-0.2, 0) is 16.1 Å². The zero-order chi connectivity index (χ0) is 21.4. The maximum atomic E-state index is 13.2. The van der Waals surface area contributed by atoms with E-state index in [1.54, 1.807) is 6.08 Å². The molecule has 29 heavy (non-hydrogen) atoms. The van der Waals surface area contributed by atoms with Crippen molar-refractivity contribution in [1.82, 2.24) is 10.6 Å². The van der Waals surface area contributed by atoms with Crippen LogP contribution in [0.4, 0.5) is 4.39 Å². The Morgan fingerprint density at radius 3 is 2.52 bits per heavy atom. The molecule has 1 aromatic rings. The number of ether oxygens (including phenoxy) is 1.